The molecule has 0 aromatic heterocycles. The molecule has 78 valence electrons. The first kappa shape index (κ1) is 11.0. The van der Waals surface area contributed by atoms with Crippen molar-refractivity contribution >= 4 is 5.97 Å². The van der Waals surface area contributed by atoms with Crippen molar-refractivity contribution in [3.05, 3.63) is 0 Å². The van der Waals surface area contributed by atoms with Gasteiger partial charge in [-0.25, -0.2) is 0 Å². The predicted octanol–water partition coefficient (Wildman–Crippen LogP) is 0.926. The van der Waals surface area contributed by atoms with E-state index in [1.165, 1.54) is 0 Å². The number of carbonyl (C=O) groups excluding carboxylic acids is 1. The molecule has 1 saturated heterocycles. The van der Waals surface area contributed by atoms with Gasteiger partial charge >= 0.3 is 5.97 Å². The van der Waals surface area contributed by atoms with Crippen molar-refractivity contribution in [2.24, 2.45) is 0 Å². The number of nitrogens with zero attached hydrogens (tertiary/aromatic N) is 2. The van der Waals surface area contributed by atoms with E-state index in [-0.39, 0.29) is 24.7 Å². The minimum absolute atomic E-state index is 0.0781. The Morgan fingerprint density at radius 2 is 2.43 bits per heavy atom. The third kappa shape index (κ3) is 3.00. The van der Waals surface area contributed by atoms with E-state index in [0.29, 0.717) is 0 Å². The van der Waals surface area contributed by atoms with E-state index < -0.39 is 0 Å². The highest BCUT2D eigenvalue weighted by molar-refractivity contribution is 5.72. The van der Waals surface area contributed by atoms with Gasteiger partial charge in [0.15, 0.2) is 0 Å². The summed E-state index contributed by atoms with van der Waals surface area (Å²) >= 11 is 0. The predicted molar refractivity (Wildman–Crippen MR) is 51.4 cm³/mol. The van der Waals surface area contributed by atoms with Gasteiger partial charge in [-0.2, -0.15) is 5.26 Å². The Bertz CT molecular complexity index is 245. The fraction of sp³-hybridized carbons (Fsp3) is 0.800. The number of likely N-dealkylation sites (tertiary alicyclic amines) is 1. The molecule has 4 heteroatoms. The second-order valence-electron chi connectivity index (χ2n) is 3.80. The molecule has 4 nitrogen and oxygen atoms in total. The first-order valence-electron chi connectivity index (χ1n) is 4.96. The molecule has 1 rings (SSSR count). The van der Waals surface area contributed by atoms with Gasteiger partial charge in [-0.15, -0.1) is 0 Å². The monoisotopic (exact) mass is 196 g/mol. The SMILES string of the molecule is CC(C)OC(=O)CN1CCCC1C#N. The van der Waals surface area contributed by atoms with Crippen LogP contribution in [-0.4, -0.2) is 36.1 Å². The van der Waals surface area contributed by atoms with Gasteiger partial charge in [0.05, 0.1) is 24.8 Å². The van der Waals surface area contributed by atoms with E-state index in [2.05, 4.69) is 6.07 Å². The summed E-state index contributed by atoms with van der Waals surface area (Å²) in [5.74, 6) is -0.234. The number of rotatable bonds is 3. The molecule has 1 atom stereocenters. The molecule has 1 aliphatic rings. The quantitative estimate of drug-likeness (QED) is 0.630. The Labute approximate surface area is 84.4 Å². The molecule has 1 heterocycles. The van der Waals surface area contributed by atoms with Gasteiger partial charge in [-0.1, -0.05) is 0 Å². The highest BCUT2D eigenvalue weighted by atomic mass is 16.5. The number of esters is 1. The first-order chi connectivity index (χ1) is 6.63. The fourth-order valence-corrected chi connectivity index (χ4v) is 1.63. The zero-order chi connectivity index (χ0) is 10.6. The largest absolute Gasteiger partial charge is 0.462 e. The van der Waals surface area contributed by atoms with Crippen molar-refractivity contribution in [2.75, 3.05) is 13.1 Å². The van der Waals surface area contributed by atoms with E-state index >= 15 is 0 Å². The van der Waals surface area contributed by atoms with Crippen molar-refractivity contribution in [2.45, 2.75) is 38.8 Å². The van der Waals surface area contributed by atoms with Crippen molar-refractivity contribution in [3.63, 3.8) is 0 Å². The van der Waals surface area contributed by atoms with Crippen LogP contribution in [0.3, 0.4) is 0 Å². The van der Waals surface area contributed by atoms with Gasteiger partial charge in [0, 0.05) is 6.54 Å². The molecule has 0 N–H and O–H groups in total. The molecule has 0 saturated carbocycles. The lowest BCUT2D eigenvalue weighted by Crippen LogP contribution is -2.35. The van der Waals surface area contributed by atoms with Crippen molar-refractivity contribution in [1.29, 1.82) is 5.26 Å². The van der Waals surface area contributed by atoms with Gasteiger partial charge in [0.1, 0.15) is 0 Å². The van der Waals surface area contributed by atoms with Gasteiger partial charge in [0.2, 0.25) is 0 Å². The van der Waals surface area contributed by atoms with E-state index in [1.54, 1.807) is 0 Å². The van der Waals surface area contributed by atoms with Crippen LogP contribution in [0.5, 0.6) is 0 Å². The minimum Gasteiger partial charge on any atom is -0.462 e. The lowest BCUT2D eigenvalue weighted by atomic mass is 10.2. The topological polar surface area (TPSA) is 53.3 Å². The summed E-state index contributed by atoms with van der Waals surface area (Å²) in [6.45, 7) is 4.72. The molecular weight excluding hydrogens is 180 g/mol. The van der Waals surface area contributed by atoms with E-state index in [4.69, 9.17) is 10.00 Å². The fourth-order valence-electron chi connectivity index (χ4n) is 1.63. The molecule has 0 aliphatic carbocycles. The van der Waals surface area contributed by atoms with Crippen LogP contribution >= 0.6 is 0 Å². The molecular formula is C10H16N2O2. The molecule has 14 heavy (non-hydrogen) atoms. The Balaban J connectivity index is 2.37. The van der Waals surface area contributed by atoms with Crippen LogP contribution in [0, 0.1) is 11.3 Å². The maximum atomic E-state index is 11.3. The van der Waals surface area contributed by atoms with E-state index in [0.717, 1.165) is 19.4 Å². The highest BCUT2D eigenvalue weighted by Gasteiger charge is 2.26. The van der Waals surface area contributed by atoms with Gasteiger partial charge in [0.25, 0.3) is 0 Å². The summed E-state index contributed by atoms with van der Waals surface area (Å²) in [6.07, 6.45) is 1.78. The molecule has 0 bridgehead atoms. The number of hydrogen-bond acceptors (Lipinski definition) is 4. The van der Waals surface area contributed by atoms with E-state index in [1.807, 2.05) is 18.7 Å². The Hall–Kier alpha value is -1.08. The number of ether oxygens (including phenoxy) is 1. The molecule has 1 unspecified atom stereocenters. The third-order valence-corrected chi connectivity index (χ3v) is 2.21. The summed E-state index contributed by atoms with van der Waals surface area (Å²) < 4.78 is 5.01. The van der Waals surface area contributed by atoms with Crippen LogP contribution in [0.15, 0.2) is 0 Å². The van der Waals surface area contributed by atoms with Crippen LogP contribution in [0.2, 0.25) is 0 Å². The average Bonchev–Trinajstić information content (AvgIpc) is 2.50. The van der Waals surface area contributed by atoms with E-state index in [9.17, 15) is 4.79 Å². The molecule has 0 aromatic rings. The van der Waals surface area contributed by atoms with Gasteiger partial charge in [-0.05, 0) is 26.7 Å². The first-order valence-corrected chi connectivity index (χ1v) is 4.96. The zero-order valence-corrected chi connectivity index (χ0v) is 8.69. The summed E-state index contributed by atoms with van der Waals surface area (Å²) in [5, 5.41) is 8.79. The van der Waals surface area contributed by atoms with Gasteiger partial charge < -0.3 is 4.74 Å². The number of carbonyl (C=O) groups is 1. The third-order valence-electron chi connectivity index (χ3n) is 2.21. The molecule has 0 aromatic carbocycles. The Morgan fingerprint density at radius 1 is 1.71 bits per heavy atom. The average molecular weight is 196 g/mol. The lowest BCUT2D eigenvalue weighted by molar-refractivity contribution is -0.148. The lowest BCUT2D eigenvalue weighted by Gasteiger charge is -2.18. The summed E-state index contributed by atoms with van der Waals surface area (Å²) in [5.41, 5.74) is 0. The molecule has 0 amide bonds. The van der Waals surface area contributed by atoms with Crippen LogP contribution in [0.25, 0.3) is 0 Å². The second-order valence-corrected chi connectivity index (χ2v) is 3.80. The smallest absolute Gasteiger partial charge is 0.320 e. The minimum atomic E-state index is -0.234. The van der Waals surface area contributed by atoms with Crippen molar-refractivity contribution < 1.29 is 9.53 Å². The molecule has 1 aliphatic heterocycles. The number of nitriles is 1. The Morgan fingerprint density at radius 3 is 3.00 bits per heavy atom. The molecule has 0 spiro atoms. The van der Waals surface area contributed by atoms with Crippen LogP contribution < -0.4 is 0 Å². The normalized spacial score (nSPS) is 22.3. The summed E-state index contributed by atoms with van der Waals surface area (Å²) in [6, 6.07) is 2.09. The molecule has 0 radical (unpaired) electrons. The summed E-state index contributed by atoms with van der Waals surface area (Å²) in [7, 11) is 0. The standard InChI is InChI=1S/C10H16N2O2/c1-8(2)14-10(13)7-12-5-3-4-9(12)6-11/h8-9H,3-5,7H2,1-2H3. The van der Waals surface area contributed by atoms with Crippen molar-refractivity contribution in [3.8, 4) is 6.07 Å². The van der Waals surface area contributed by atoms with Crippen LogP contribution in [0.1, 0.15) is 26.7 Å². The molecule has 1 fully saturated rings. The van der Waals surface area contributed by atoms with Crippen molar-refractivity contribution in [1.82, 2.24) is 4.90 Å². The van der Waals surface area contributed by atoms with Crippen LogP contribution in [0.4, 0.5) is 0 Å². The Kier molecular flexibility index (Phi) is 3.90. The number of hydrogen-bond donors (Lipinski definition) is 0. The van der Waals surface area contributed by atoms with Crippen LogP contribution in [-0.2, 0) is 9.53 Å². The maximum absolute atomic E-state index is 11.3. The van der Waals surface area contributed by atoms with Gasteiger partial charge in [-0.3, -0.25) is 9.69 Å². The maximum Gasteiger partial charge on any atom is 0.320 e. The second kappa shape index (κ2) is 4.97. The zero-order valence-electron chi connectivity index (χ0n) is 8.69. The highest BCUT2D eigenvalue weighted by Crippen LogP contribution is 2.15. The summed E-state index contributed by atoms with van der Waals surface area (Å²) in [4.78, 5) is 13.2.